The van der Waals surface area contributed by atoms with Crippen molar-refractivity contribution in [1.29, 1.82) is 0 Å². The van der Waals surface area contributed by atoms with Gasteiger partial charge in [-0.15, -0.1) is 0 Å². The molecule has 0 radical (unpaired) electrons. The van der Waals surface area contributed by atoms with Crippen LogP contribution in [0, 0.1) is 19.8 Å². The summed E-state index contributed by atoms with van der Waals surface area (Å²) in [5.41, 5.74) is 3.53. The van der Waals surface area contributed by atoms with Gasteiger partial charge in [-0.1, -0.05) is 6.42 Å². The van der Waals surface area contributed by atoms with Crippen LogP contribution in [0.2, 0.25) is 0 Å². The van der Waals surface area contributed by atoms with E-state index in [0.29, 0.717) is 18.4 Å². The van der Waals surface area contributed by atoms with Crippen molar-refractivity contribution in [3.8, 4) is 0 Å². The van der Waals surface area contributed by atoms with E-state index in [2.05, 4.69) is 35.6 Å². The Morgan fingerprint density at radius 2 is 1.89 bits per heavy atom. The van der Waals surface area contributed by atoms with Gasteiger partial charge in [-0.05, 0) is 62.3 Å². The van der Waals surface area contributed by atoms with Crippen molar-refractivity contribution in [2.45, 2.75) is 45.4 Å². The molecule has 2 heterocycles. The second kappa shape index (κ2) is 7.00. The van der Waals surface area contributed by atoms with E-state index in [1.807, 2.05) is 0 Å². The number of aryl methyl sites for hydroxylation is 2. The summed E-state index contributed by atoms with van der Waals surface area (Å²) in [7, 11) is -3.60. The zero-order valence-corrected chi connectivity index (χ0v) is 16.7. The minimum Gasteiger partial charge on any atom is -0.355 e. The van der Waals surface area contributed by atoms with Crippen molar-refractivity contribution in [1.82, 2.24) is 14.7 Å². The van der Waals surface area contributed by atoms with Gasteiger partial charge in [0.05, 0.1) is 5.52 Å². The van der Waals surface area contributed by atoms with E-state index in [9.17, 15) is 8.42 Å². The van der Waals surface area contributed by atoms with Gasteiger partial charge in [0, 0.05) is 30.9 Å². The standard InChI is InChI=1S/C19H27N5O2S/c1-12-8-16-17(9-13(12)2)22-18(15-4-3-5-15)23-19(16)24-10-14(11-24)6-7-21-27(20,25)26/h8-9,14-15,21H,3-7,10-11H2,1-2H3,(H2,20,25,26). The molecule has 1 aromatic heterocycles. The quantitative estimate of drug-likeness (QED) is 0.788. The van der Waals surface area contributed by atoms with Crippen molar-refractivity contribution >= 4 is 26.9 Å². The molecule has 1 aromatic carbocycles. The molecular weight excluding hydrogens is 362 g/mol. The first-order valence-corrected chi connectivity index (χ1v) is 11.2. The highest BCUT2D eigenvalue weighted by Crippen LogP contribution is 2.38. The number of aromatic nitrogens is 2. The number of nitrogens with two attached hydrogens (primary N) is 1. The summed E-state index contributed by atoms with van der Waals surface area (Å²) < 4.78 is 24.3. The summed E-state index contributed by atoms with van der Waals surface area (Å²) in [6.07, 6.45) is 4.40. The van der Waals surface area contributed by atoms with Gasteiger partial charge in [-0.25, -0.2) is 19.8 Å². The van der Waals surface area contributed by atoms with Crippen molar-refractivity contribution < 1.29 is 8.42 Å². The topological polar surface area (TPSA) is 101 Å². The van der Waals surface area contributed by atoms with Crippen LogP contribution >= 0.6 is 0 Å². The lowest BCUT2D eigenvalue weighted by molar-refractivity contribution is 0.378. The zero-order chi connectivity index (χ0) is 19.2. The molecule has 1 aliphatic carbocycles. The minimum atomic E-state index is -3.60. The van der Waals surface area contributed by atoms with Crippen LogP contribution in [0.5, 0.6) is 0 Å². The van der Waals surface area contributed by atoms with Crippen LogP contribution in [0.4, 0.5) is 5.82 Å². The Bertz CT molecular complexity index is 966. The van der Waals surface area contributed by atoms with Gasteiger partial charge >= 0.3 is 0 Å². The number of benzene rings is 1. The van der Waals surface area contributed by atoms with Gasteiger partial charge in [0.1, 0.15) is 11.6 Å². The molecule has 2 fully saturated rings. The molecular formula is C19H27N5O2S. The van der Waals surface area contributed by atoms with Crippen LogP contribution in [0.15, 0.2) is 12.1 Å². The van der Waals surface area contributed by atoms with Crippen LogP contribution in [-0.2, 0) is 10.2 Å². The van der Waals surface area contributed by atoms with Crippen LogP contribution < -0.4 is 14.8 Å². The van der Waals surface area contributed by atoms with Crippen LogP contribution in [-0.4, -0.2) is 38.0 Å². The van der Waals surface area contributed by atoms with Crippen molar-refractivity contribution in [3.05, 3.63) is 29.1 Å². The fourth-order valence-electron chi connectivity index (χ4n) is 3.81. The summed E-state index contributed by atoms with van der Waals surface area (Å²) in [5.74, 6) is 2.95. The Morgan fingerprint density at radius 3 is 2.52 bits per heavy atom. The molecule has 0 unspecified atom stereocenters. The summed E-state index contributed by atoms with van der Waals surface area (Å²) in [6, 6.07) is 4.37. The normalized spacial score (nSPS) is 18.6. The molecule has 1 aliphatic heterocycles. The van der Waals surface area contributed by atoms with E-state index in [-0.39, 0.29) is 0 Å². The summed E-state index contributed by atoms with van der Waals surface area (Å²) in [5, 5.41) is 6.10. The Kier molecular flexibility index (Phi) is 4.82. The van der Waals surface area contributed by atoms with E-state index in [4.69, 9.17) is 15.1 Å². The number of nitrogens with one attached hydrogen (secondary N) is 1. The molecule has 1 saturated carbocycles. The van der Waals surface area contributed by atoms with Gasteiger partial charge in [0.15, 0.2) is 0 Å². The Balaban J connectivity index is 1.55. The van der Waals surface area contributed by atoms with Gasteiger partial charge in [-0.2, -0.15) is 8.42 Å². The van der Waals surface area contributed by atoms with Crippen molar-refractivity contribution in [2.75, 3.05) is 24.5 Å². The molecule has 0 atom stereocenters. The molecule has 4 rings (SSSR count). The van der Waals surface area contributed by atoms with Gasteiger partial charge in [0.25, 0.3) is 10.2 Å². The molecule has 3 N–H and O–H groups in total. The largest absolute Gasteiger partial charge is 0.355 e. The first kappa shape index (κ1) is 18.6. The average Bonchev–Trinajstić information content (AvgIpc) is 2.48. The third kappa shape index (κ3) is 3.93. The molecule has 1 saturated heterocycles. The number of rotatable bonds is 6. The van der Waals surface area contributed by atoms with E-state index in [0.717, 1.165) is 42.1 Å². The van der Waals surface area contributed by atoms with Crippen molar-refractivity contribution in [2.24, 2.45) is 11.1 Å². The Hall–Kier alpha value is -1.77. The third-order valence-corrected chi connectivity index (χ3v) is 6.50. The molecule has 2 aliphatic rings. The fourth-order valence-corrected chi connectivity index (χ4v) is 4.21. The Labute approximate surface area is 160 Å². The molecule has 7 nitrogen and oxygen atoms in total. The number of nitrogens with zero attached hydrogens (tertiary/aromatic N) is 3. The summed E-state index contributed by atoms with van der Waals surface area (Å²) >= 11 is 0. The van der Waals surface area contributed by atoms with E-state index < -0.39 is 10.2 Å². The second-order valence-corrected chi connectivity index (χ2v) is 9.36. The number of hydrogen-bond acceptors (Lipinski definition) is 5. The van der Waals surface area contributed by atoms with Gasteiger partial charge in [0.2, 0.25) is 0 Å². The highest BCUT2D eigenvalue weighted by molar-refractivity contribution is 7.87. The third-order valence-electron chi connectivity index (χ3n) is 5.89. The lowest BCUT2D eigenvalue weighted by Gasteiger charge is -2.41. The maximum absolute atomic E-state index is 11.0. The maximum atomic E-state index is 11.0. The summed E-state index contributed by atoms with van der Waals surface area (Å²) in [6.45, 7) is 6.40. The lowest BCUT2D eigenvalue weighted by Crippen LogP contribution is -2.48. The smallest absolute Gasteiger partial charge is 0.274 e. The zero-order valence-electron chi connectivity index (χ0n) is 15.9. The summed E-state index contributed by atoms with van der Waals surface area (Å²) in [4.78, 5) is 12.1. The fraction of sp³-hybridized carbons (Fsp3) is 0.579. The number of hydrogen-bond donors (Lipinski definition) is 2. The van der Waals surface area contributed by atoms with Gasteiger partial charge in [-0.3, -0.25) is 0 Å². The second-order valence-electron chi connectivity index (χ2n) is 7.99. The molecule has 146 valence electrons. The number of fused-ring (bicyclic) bond motifs is 1. The average molecular weight is 390 g/mol. The SMILES string of the molecule is Cc1cc2nc(C3CCC3)nc(N3CC(CCNS(N)(=O)=O)C3)c2cc1C. The molecule has 0 bridgehead atoms. The molecule has 8 heteroatoms. The number of anilines is 1. The first-order valence-electron chi connectivity index (χ1n) is 9.61. The van der Waals surface area contributed by atoms with E-state index in [1.54, 1.807) is 0 Å². The van der Waals surface area contributed by atoms with Gasteiger partial charge < -0.3 is 4.90 Å². The molecule has 0 amide bonds. The maximum Gasteiger partial charge on any atom is 0.274 e. The monoisotopic (exact) mass is 389 g/mol. The van der Waals surface area contributed by atoms with E-state index >= 15 is 0 Å². The first-order chi connectivity index (χ1) is 12.8. The lowest BCUT2D eigenvalue weighted by atomic mass is 9.84. The van der Waals surface area contributed by atoms with Crippen LogP contribution in [0.1, 0.15) is 48.6 Å². The highest BCUT2D eigenvalue weighted by Gasteiger charge is 2.31. The predicted octanol–water partition coefficient (Wildman–Crippen LogP) is 2.13. The van der Waals surface area contributed by atoms with Crippen LogP contribution in [0.3, 0.4) is 0 Å². The van der Waals surface area contributed by atoms with Crippen LogP contribution in [0.25, 0.3) is 10.9 Å². The highest BCUT2D eigenvalue weighted by atomic mass is 32.2. The van der Waals surface area contributed by atoms with E-state index in [1.165, 1.54) is 30.4 Å². The molecule has 2 aromatic rings. The predicted molar refractivity (Wildman–Crippen MR) is 107 cm³/mol. The Morgan fingerprint density at radius 1 is 1.19 bits per heavy atom. The van der Waals surface area contributed by atoms with Crippen molar-refractivity contribution in [3.63, 3.8) is 0 Å². The molecule has 27 heavy (non-hydrogen) atoms. The molecule has 0 spiro atoms. The minimum absolute atomic E-state index is 0.382.